The molecule has 21 heavy (non-hydrogen) atoms. The minimum absolute atomic E-state index is 0.481. The fourth-order valence-corrected chi connectivity index (χ4v) is 3.62. The van der Waals surface area contributed by atoms with Gasteiger partial charge in [-0.1, -0.05) is 37.8 Å². The third kappa shape index (κ3) is 4.10. The van der Waals surface area contributed by atoms with Crippen LogP contribution in [0.5, 0.6) is 0 Å². The van der Waals surface area contributed by atoms with Crippen LogP contribution in [0.25, 0.3) is 0 Å². The monoisotopic (exact) mass is 288 g/mol. The van der Waals surface area contributed by atoms with Crippen LogP contribution in [-0.2, 0) is 0 Å². The van der Waals surface area contributed by atoms with Gasteiger partial charge in [0.1, 0.15) is 5.82 Å². The molecule has 1 atom stereocenters. The summed E-state index contributed by atoms with van der Waals surface area (Å²) in [7, 11) is 0. The van der Waals surface area contributed by atoms with E-state index in [-0.39, 0.29) is 0 Å². The number of hydrazone groups is 1. The van der Waals surface area contributed by atoms with Gasteiger partial charge in [0.25, 0.3) is 0 Å². The Labute approximate surface area is 128 Å². The number of dihydropyridines is 1. The van der Waals surface area contributed by atoms with Crippen molar-refractivity contribution in [2.75, 3.05) is 13.1 Å². The van der Waals surface area contributed by atoms with Crippen LogP contribution in [0.4, 0.5) is 0 Å². The molecule has 2 fully saturated rings. The Morgan fingerprint density at radius 2 is 1.95 bits per heavy atom. The molecule has 1 aliphatic carbocycles. The summed E-state index contributed by atoms with van der Waals surface area (Å²) in [5, 5.41) is 11.8. The van der Waals surface area contributed by atoms with Crippen molar-refractivity contribution in [3.8, 4) is 0 Å². The van der Waals surface area contributed by atoms with E-state index in [0.717, 1.165) is 18.9 Å². The molecule has 0 aromatic carbocycles. The molecule has 0 bridgehead atoms. The summed E-state index contributed by atoms with van der Waals surface area (Å²) in [6, 6.07) is 0.481. The van der Waals surface area contributed by atoms with Gasteiger partial charge in [0.05, 0.1) is 5.71 Å². The molecular weight excluding hydrogens is 260 g/mol. The average molecular weight is 288 g/mol. The fourth-order valence-electron chi connectivity index (χ4n) is 3.62. The molecule has 3 N–H and O–H groups in total. The summed E-state index contributed by atoms with van der Waals surface area (Å²) < 4.78 is 0. The van der Waals surface area contributed by atoms with Crippen LogP contribution in [0.2, 0.25) is 0 Å². The molecule has 3 aliphatic rings. The molecule has 4 nitrogen and oxygen atoms in total. The molecule has 1 saturated carbocycles. The molecule has 3 rings (SSSR count). The van der Waals surface area contributed by atoms with Crippen LogP contribution in [0, 0.1) is 5.92 Å². The van der Waals surface area contributed by atoms with Gasteiger partial charge in [-0.3, -0.25) is 5.43 Å². The van der Waals surface area contributed by atoms with E-state index in [1.54, 1.807) is 0 Å². The zero-order valence-electron chi connectivity index (χ0n) is 12.9. The fraction of sp³-hybridized carbons (Fsp3) is 0.706. The van der Waals surface area contributed by atoms with Gasteiger partial charge in [-0.25, -0.2) is 0 Å². The Bertz CT molecular complexity index is 393. The van der Waals surface area contributed by atoms with Crippen molar-refractivity contribution in [1.82, 2.24) is 16.1 Å². The molecule has 2 heterocycles. The van der Waals surface area contributed by atoms with Crippen LogP contribution >= 0.6 is 0 Å². The van der Waals surface area contributed by atoms with Crippen LogP contribution in [0.3, 0.4) is 0 Å². The Balaban J connectivity index is 1.70. The lowest BCUT2D eigenvalue weighted by atomic mass is 9.81. The minimum atomic E-state index is 0.481. The number of piperidine rings is 1. The molecule has 0 radical (unpaired) electrons. The van der Waals surface area contributed by atoms with Gasteiger partial charge < -0.3 is 10.6 Å². The van der Waals surface area contributed by atoms with Crippen molar-refractivity contribution in [2.45, 2.75) is 57.4 Å². The maximum Gasteiger partial charge on any atom is 0.119 e. The summed E-state index contributed by atoms with van der Waals surface area (Å²) in [5.41, 5.74) is 4.63. The Kier molecular flexibility index (Phi) is 5.33. The molecule has 1 saturated heterocycles. The minimum Gasteiger partial charge on any atom is -0.367 e. The number of hydrogen-bond acceptors (Lipinski definition) is 4. The maximum atomic E-state index is 4.83. The standard InChI is InChI=1S/C17H28N4/c1-2-8-14(9-3-1)17(15-10-4-6-12-18-15)21-20-16-11-5-7-13-19-16/h5,7,11,14-15,18-20H,1-4,6,8-10,12-13H2/b21-17+. The van der Waals surface area contributed by atoms with E-state index in [1.165, 1.54) is 57.1 Å². The van der Waals surface area contributed by atoms with Crippen molar-refractivity contribution in [3.63, 3.8) is 0 Å². The van der Waals surface area contributed by atoms with Gasteiger partial charge in [0.15, 0.2) is 0 Å². The summed E-state index contributed by atoms with van der Waals surface area (Å²) in [5.74, 6) is 1.68. The number of rotatable bonds is 4. The summed E-state index contributed by atoms with van der Waals surface area (Å²) in [4.78, 5) is 0. The zero-order valence-corrected chi connectivity index (χ0v) is 12.9. The van der Waals surface area contributed by atoms with E-state index >= 15 is 0 Å². The molecule has 0 spiro atoms. The third-order valence-electron chi connectivity index (χ3n) is 4.81. The Morgan fingerprint density at radius 1 is 1.10 bits per heavy atom. The highest BCUT2D eigenvalue weighted by Crippen LogP contribution is 2.27. The van der Waals surface area contributed by atoms with Gasteiger partial charge in [-0.2, -0.15) is 5.10 Å². The van der Waals surface area contributed by atoms with E-state index in [4.69, 9.17) is 5.10 Å². The van der Waals surface area contributed by atoms with E-state index in [0.29, 0.717) is 12.0 Å². The average Bonchev–Trinajstić information content (AvgIpc) is 2.58. The maximum absolute atomic E-state index is 4.83. The second-order valence-corrected chi connectivity index (χ2v) is 6.38. The topological polar surface area (TPSA) is 48.5 Å². The second-order valence-electron chi connectivity index (χ2n) is 6.38. The molecule has 0 amide bonds. The summed E-state index contributed by atoms with van der Waals surface area (Å²) in [6.07, 6.45) is 16.9. The highest BCUT2D eigenvalue weighted by atomic mass is 15.4. The van der Waals surface area contributed by atoms with E-state index < -0.39 is 0 Å². The normalized spacial score (nSPS) is 27.9. The highest BCUT2D eigenvalue weighted by molar-refractivity contribution is 5.91. The number of nitrogens with one attached hydrogen (secondary N) is 3. The van der Waals surface area contributed by atoms with Gasteiger partial charge in [0.2, 0.25) is 0 Å². The van der Waals surface area contributed by atoms with Crippen LogP contribution < -0.4 is 16.1 Å². The molecule has 1 unspecified atom stereocenters. The molecule has 0 aromatic heterocycles. The molecule has 116 valence electrons. The predicted octanol–water partition coefficient (Wildman–Crippen LogP) is 2.66. The molecular formula is C17H28N4. The van der Waals surface area contributed by atoms with Crippen molar-refractivity contribution < 1.29 is 0 Å². The quantitative estimate of drug-likeness (QED) is 0.550. The molecule has 0 aromatic rings. The first kappa shape index (κ1) is 14.6. The lowest BCUT2D eigenvalue weighted by Crippen LogP contribution is -2.45. The van der Waals surface area contributed by atoms with Crippen LogP contribution in [0.15, 0.2) is 29.2 Å². The van der Waals surface area contributed by atoms with E-state index in [1.807, 2.05) is 0 Å². The number of nitrogens with zero attached hydrogens (tertiary/aromatic N) is 1. The van der Waals surface area contributed by atoms with Gasteiger partial charge >= 0.3 is 0 Å². The SMILES string of the molecule is C1=CCNC(N/N=C(\C2CCCCC2)C2CCCCN2)=C1. The smallest absolute Gasteiger partial charge is 0.119 e. The van der Waals surface area contributed by atoms with Crippen LogP contribution in [0.1, 0.15) is 51.4 Å². The molecule has 2 aliphatic heterocycles. The lowest BCUT2D eigenvalue weighted by Gasteiger charge is -2.32. The van der Waals surface area contributed by atoms with Crippen molar-refractivity contribution >= 4 is 5.71 Å². The zero-order chi connectivity index (χ0) is 14.3. The van der Waals surface area contributed by atoms with Gasteiger partial charge in [-0.15, -0.1) is 0 Å². The Hall–Kier alpha value is -1.29. The van der Waals surface area contributed by atoms with Crippen molar-refractivity contribution in [3.05, 3.63) is 24.0 Å². The first-order valence-electron chi connectivity index (χ1n) is 8.61. The Morgan fingerprint density at radius 3 is 2.67 bits per heavy atom. The predicted molar refractivity (Wildman–Crippen MR) is 88.0 cm³/mol. The largest absolute Gasteiger partial charge is 0.367 e. The van der Waals surface area contributed by atoms with E-state index in [9.17, 15) is 0 Å². The van der Waals surface area contributed by atoms with Crippen molar-refractivity contribution in [2.24, 2.45) is 11.0 Å². The lowest BCUT2D eigenvalue weighted by molar-refractivity contribution is 0.403. The highest BCUT2D eigenvalue weighted by Gasteiger charge is 2.27. The van der Waals surface area contributed by atoms with Crippen molar-refractivity contribution in [1.29, 1.82) is 0 Å². The first-order chi connectivity index (χ1) is 10.4. The molecule has 4 heteroatoms. The van der Waals surface area contributed by atoms with Gasteiger partial charge in [0, 0.05) is 18.5 Å². The first-order valence-corrected chi connectivity index (χ1v) is 8.61. The van der Waals surface area contributed by atoms with Crippen LogP contribution in [-0.4, -0.2) is 24.8 Å². The summed E-state index contributed by atoms with van der Waals surface area (Å²) >= 11 is 0. The second kappa shape index (κ2) is 7.64. The summed E-state index contributed by atoms with van der Waals surface area (Å²) in [6.45, 7) is 2.02. The number of allylic oxidation sites excluding steroid dienone is 2. The third-order valence-corrected chi connectivity index (χ3v) is 4.81. The number of hydrogen-bond donors (Lipinski definition) is 3. The van der Waals surface area contributed by atoms with Gasteiger partial charge in [-0.05, 0) is 38.3 Å². The van der Waals surface area contributed by atoms with E-state index in [2.05, 4.69) is 34.3 Å².